The summed E-state index contributed by atoms with van der Waals surface area (Å²) in [5.41, 5.74) is 0. The van der Waals surface area contributed by atoms with Crippen LogP contribution in [0.3, 0.4) is 0 Å². The molecule has 0 aromatic carbocycles. The van der Waals surface area contributed by atoms with Gasteiger partial charge < -0.3 is 20.6 Å². The lowest BCUT2D eigenvalue weighted by atomic mass is 10.2. The van der Waals surface area contributed by atoms with Crippen LogP contribution in [0.25, 0.3) is 0 Å². The van der Waals surface area contributed by atoms with Crippen molar-refractivity contribution in [3.05, 3.63) is 0 Å². The average molecular weight is 215 g/mol. The minimum absolute atomic E-state index is 0.135. The van der Waals surface area contributed by atoms with Crippen molar-refractivity contribution in [2.24, 2.45) is 0 Å². The molecule has 0 aromatic heterocycles. The maximum atomic E-state index is 10.9. The third-order valence-electron chi connectivity index (χ3n) is 2.43. The van der Waals surface area contributed by atoms with E-state index in [1.807, 2.05) is 19.0 Å². The Balaban J connectivity index is 2.03. The Morgan fingerprint density at radius 2 is 2.40 bits per heavy atom. The zero-order chi connectivity index (χ0) is 11.3. The van der Waals surface area contributed by atoms with Crippen molar-refractivity contribution in [2.45, 2.75) is 25.0 Å². The van der Waals surface area contributed by atoms with Crippen LogP contribution in [0.2, 0.25) is 0 Å². The third-order valence-corrected chi connectivity index (χ3v) is 2.43. The first-order valence-electron chi connectivity index (χ1n) is 5.41. The molecule has 1 aliphatic rings. The second-order valence-corrected chi connectivity index (χ2v) is 4.38. The molecule has 1 aliphatic heterocycles. The number of carbonyl (C=O) groups is 1. The van der Waals surface area contributed by atoms with Gasteiger partial charge in [0.15, 0.2) is 0 Å². The van der Waals surface area contributed by atoms with E-state index in [0.29, 0.717) is 19.5 Å². The number of nitrogens with zero attached hydrogens (tertiary/aromatic N) is 1. The Labute approximate surface area is 90.8 Å². The van der Waals surface area contributed by atoms with Crippen molar-refractivity contribution in [1.29, 1.82) is 0 Å². The molecule has 1 amide bonds. The number of hydrogen-bond acceptors (Lipinski definition) is 4. The van der Waals surface area contributed by atoms with E-state index in [9.17, 15) is 9.90 Å². The molecule has 1 rings (SSSR count). The van der Waals surface area contributed by atoms with Gasteiger partial charge in [-0.25, -0.2) is 0 Å². The highest BCUT2D eigenvalue weighted by atomic mass is 16.3. The molecule has 15 heavy (non-hydrogen) atoms. The van der Waals surface area contributed by atoms with Crippen LogP contribution in [-0.4, -0.2) is 61.8 Å². The van der Waals surface area contributed by atoms with Gasteiger partial charge in [-0.3, -0.25) is 4.79 Å². The molecule has 5 heteroatoms. The smallest absolute Gasteiger partial charge is 0.220 e. The summed E-state index contributed by atoms with van der Waals surface area (Å²) in [6, 6.07) is 0.240. The van der Waals surface area contributed by atoms with Gasteiger partial charge >= 0.3 is 0 Å². The highest BCUT2D eigenvalue weighted by Gasteiger charge is 2.20. The fourth-order valence-electron chi connectivity index (χ4n) is 1.74. The predicted molar refractivity (Wildman–Crippen MR) is 58.6 cm³/mol. The normalized spacial score (nSPS) is 23.2. The lowest BCUT2D eigenvalue weighted by Crippen LogP contribution is -2.41. The number of hydrogen-bond donors (Lipinski definition) is 3. The number of rotatable bonds is 6. The van der Waals surface area contributed by atoms with E-state index in [0.717, 1.165) is 13.0 Å². The van der Waals surface area contributed by atoms with Crippen LogP contribution >= 0.6 is 0 Å². The van der Waals surface area contributed by atoms with Crippen LogP contribution in [0.1, 0.15) is 12.8 Å². The molecule has 2 atom stereocenters. The van der Waals surface area contributed by atoms with Gasteiger partial charge in [0, 0.05) is 32.1 Å². The predicted octanol–water partition coefficient (Wildman–Crippen LogP) is -1.22. The van der Waals surface area contributed by atoms with Crippen molar-refractivity contribution in [2.75, 3.05) is 33.7 Å². The molecule has 1 heterocycles. The molecule has 0 radical (unpaired) electrons. The molecule has 5 nitrogen and oxygen atoms in total. The minimum atomic E-state index is -0.350. The number of aliphatic hydroxyl groups excluding tert-OH is 1. The molecule has 0 spiro atoms. The van der Waals surface area contributed by atoms with E-state index in [-0.39, 0.29) is 18.1 Å². The third kappa shape index (κ3) is 5.11. The SMILES string of the molecule is CN(C)CC(O)CNCC1CCC(=O)N1. The summed E-state index contributed by atoms with van der Waals surface area (Å²) in [5, 5.41) is 15.6. The van der Waals surface area contributed by atoms with E-state index in [1.165, 1.54) is 0 Å². The zero-order valence-corrected chi connectivity index (χ0v) is 9.49. The van der Waals surface area contributed by atoms with E-state index >= 15 is 0 Å². The first-order chi connectivity index (χ1) is 7.08. The summed E-state index contributed by atoms with van der Waals surface area (Å²) in [7, 11) is 3.86. The van der Waals surface area contributed by atoms with E-state index < -0.39 is 0 Å². The molecule has 0 bridgehead atoms. The molecule has 0 aromatic rings. The van der Waals surface area contributed by atoms with E-state index in [1.54, 1.807) is 0 Å². The topological polar surface area (TPSA) is 64.6 Å². The number of amides is 1. The van der Waals surface area contributed by atoms with Crippen LogP contribution in [0.15, 0.2) is 0 Å². The highest BCUT2D eigenvalue weighted by molar-refractivity contribution is 5.78. The molecule has 0 aliphatic carbocycles. The maximum Gasteiger partial charge on any atom is 0.220 e. The molecule has 1 saturated heterocycles. The van der Waals surface area contributed by atoms with Crippen molar-refractivity contribution in [3.63, 3.8) is 0 Å². The largest absolute Gasteiger partial charge is 0.390 e. The van der Waals surface area contributed by atoms with E-state index in [4.69, 9.17) is 0 Å². The Morgan fingerprint density at radius 3 is 2.93 bits per heavy atom. The van der Waals surface area contributed by atoms with Crippen LogP contribution in [0, 0.1) is 0 Å². The van der Waals surface area contributed by atoms with Gasteiger partial charge in [-0.05, 0) is 20.5 Å². The van der Waals surface area contributed by atoms with Crippen molar-refractivity contribution in [1.82, 2.24) is 15.5 Å². The first-order valence-corrected chi connectivity index (χ1v) is 5.41. The summed E-state index contributed by atoms with van der Waals surface area (Å²) in [4.78, 5) is 12.8. The lowest BCUT2D eigenvalue weighted by molar-refractivity contribution is -0.119. The van der Waals surface area contributed by atoms with Crippen molar-refractivity contribution < 1.29 is 9.90 Å². The number of carbonyl (C=O) groups excluding carboxylic acids is 1. The fourth-order valence-corrected chi connectivity index (χ4v) is 1.74. The number of likely N-dealkylation sites (N-methyl/N-ethyl adjacent to an activating group) is 1. The molecule has 2 unspecified atom stereocenters. The average Bonchev–Trinajstić information content (AvgIpc) is 2.50. The van der Waals surface area contributed by atoms with Gasteiger partial charge in [-0.2, -0.15) is 0 Å². The quantitative estimate of drug-likeness (QED) is 0.519. The molecule has 1 fully saturated rings. The zero-order valence-electron chi connectivity index (χ0n) is 9.49. The summed E-state index contributed by atoms with van der Waals surface area (Å²) < 4.78 is 0. The van der Waals surface area contributed by atoms with Crippen molar-refractivity contribution in [3.8, 4) is 0 Å². The van der Waals surface area contributed by atoms with Gasteiger partial charge in [-0.15, -0.1) is 0 Å². The summed E-state index contributed by atoms with van der Waals surface area (Å²) in [6.07, 6.45) is 1.18. The molecular formula is C10H21N3O2. The second-order valence-electron chi connectivity index (χ2n) is 4.38. The Bertz CT molecular complexity index is 209. The monoisotopic (exact) mass is 215 g/mol. The molecule has 88 valence electrons. The van der Waals surface area contributed by atoms with Gasteiger partial charge in [0.2, 0.25) is 5.91 Å². The van der Waals surface area contributed by atoms with Gasteiger partial charge in [0.1, 0.15) is 0 Å². The number of nitrogens with one attached hydrogen (secondary N) is 2. The second kappa shape index (κ2) is 6.05. The summed E-state index contributed by atoms with van der Waals surface area (Å²) >= 11 is 0. The maximum absolute atomic E-state index is 10.9. The van der Waals surface area contributed by atoms with Crippen LogP contribution < -0.4 is 10.6 Å². The Hall–Kier alpha value is -0.650. The Kier molecular flexibility index (Phi) is 5.01. The fraction of sp³-hybridized carbons (Fsp3) is 0.900. The molecule has 0 saturated carbocycles. The van der Waals surface area contributed by atoms with Crippen LogP contribution in [0.4, 0.5) is 0 Å². The number of aliphatic hydroxyl groups is 1. The lowest BCUT2D eigenvalue weighted by Gasteiger charge is -2.17. The highest BCUT2D eigenvalue weighted by Crippen LogP contribution is 2.04. The molecular weight excluding hydrogens is 194 g/mol. The van der Waals surface area contributed by atoms with Crippen LogP contribution in [-0.2, 0) is 4.79 Å². The van der Waals surface area contributed by atoms with Gasteiger partial charge in [-0.1, -0.05) is 0 Å². The minimum Gasteiger partial charge on any atom is -0.390 e. The van der Waals surface area contributed by atoms with Crippen LogP contribution in [0.5, 0.6) is 0 Å². The first kappa shape index (κ1) is 12.4. The van der Waals surface area contributed by atoms with Gasteiger partial charge in [0.05, 0.1) is 6.10 Å². The standard InChI is InChI=1S/C10H21N3O2/c1-13(2)7-9(14)6-11-5-8-3-4-10(15)12-8/h8-9,11,14H,3-7H2,1-2H3,(H,12,15). The van der Waals surface area contributed by atoms with Crippen molar-refractivity contribution >= 4 is 5.91 Å². The summed E-state index contributed by atoms with van der Waals surface area (Å²) in [5.74, 6) is 0.135. The Morgan fingerprint density at radius 1 is 1.67 bits per heavy atom. The van der Waals surface area contributed by atoms with Gasteiger partial charge in [0.25, 0.3) is 0 Å². The van der Waals surface area contributed by atoms with E-state index in [2.05, 4.69) is 10.6 Å². The molecule has 3 N–H and O–H groups in total. The summed E-state index contributed by atoms with van der Waals surface area (Å²) in [6.45, 7) is 1.98.